The molecule has 5 nitrogen and oxygen atoms in total. The molecular formula is C12H25NO4S. The third-order valence-electron chi connectivity index (χ3n) is 2.53. The van der Waals surface area contributed by atoms with E-state index in [1.165, 1.54) is 0 Å². The van der Waals surface area contributed by atoms with Crippen LogP contribution in [0.25, 0.3) is 0 Å². The molecule has 0 aliphatic heterocycles. The molecule has 108 valence electrons. The van der Waals surface area contributed by atoms with Gasteiger partial charge in [0.2, 0.25) is 10.0 Å². The summed E-state index contributed by atoms with van der Waals surface area (Å²) < 4.78 is 26.0. The van der Waals surface area contributed by atoms with E-state index in [1.54, 1.807) is 20.8 Å². The molecule has 0 rings (SSSR count). The minimum Gasteiger partial charge on any atom is -0.480 e. The summed E-state index contributed by atoms with van der Waals surface area (Å²) in [5.74, 6) is -1.21. The first-order valence-corrected chi connectivity index (χ1v) is 7.63. The second-order valence-corrected chi connectivity index (χ2v) is 8.76. The summed E-state index contributed by atoms with van der Waals surface area (Å²) >= 11 is 0. The number of rotatable bonds is 5. The molecule has 6 heteroatoms. The number of hydrogen-bond acceptors (Lipinski definition) is 3. The molecule has 0 saturated carbocycles. The van der Waals surface area contributed by atoms with Crippen LogP contribution in [0.15, 0.2) is 0 Å². The van der Waals surface area contributed by atoms with Gasteiger partial charge in [-0.2, -0.15) is 0 Å². The lowest BCUT2D eigenvalue weighted by atomic mass is 9.88. The Bertz CT molecular complexity index is 387. The van der Waals surface area contributed by atoms with E-state index in [-0.39, 0.29) is 11.2 Å². The summed E-state index contributed by atoms with van der Waals surface area (Å²) in [6.45, 7) is 10.9. The Kier molecular flexibility index (Phi) is 5.38. The first-order chi connectivity index (χ1) is 7.75. The Morgan fingerprint density at radius 2 is 1.61 bits per heavy atom. The summed E-state index contributed by atoms with van der Waals surface area (Å²) in [7, 11) is -3.57. The van der Waals surface area contributed by atoms with E-state index in [4.69, 9.17) is 5.11 Å². The van der Waals surface area contributed by atoms with Crippen LogP contribution >= 0.6 is 0 Å². The fraction of sp³-hybridized carbons (Fsp3) is 0.917. The molecule has 0 aromatic carbocycles. The summed E-state index contributed by atoms with van der Waals surface area (Å²) in [5.41, 5.74) is -0.768. The molecule has 0 aliphatic rings. The number of carboxylic acid groups (broad SMARTS) is 1. The molecule has 0 aliphatic carbocycles. The zero-order chi connectivity index (χ0) is 14.8. The van der Waals surface area contributed by atoms with Crippen LogP contribution in [0.5, 0.6) is 0 Å². The van der Waals surface area contributed by atoms with Crippen LogP contribution in [0.3, 0.4) is 0 Å². The molecule has 0 spiro atoms. The fourth-order valence-corrected chi connectivity index (χ4v) is 3.09. The van der Waals surface area contributed by atoms with Crippen molar-refractivity contribution < 1.29 is 18.3 Å². The average Bonchev–Trinajstić information content (AvgIpc) is 2.08. The fourth-order valence-electron chi connectivity index (χ4n) is 1.28. The predicted octanol–water partition coefficient (Wildman–Crippen LogP) is 1.84. The monoisotopic (exact) mass is 279 g/mol. The number of sulfonamides is 1. The molecule has 0 amide bonds. The smallest absolute Gasteiger partial charge is 0.322 e. The molecule has 1 atom stereocenters. The number of hydrogen-bond donors (Lipinski definition) is 2. The highest BCUT2D eigenvalue weighted by Gasteiger charge is 2.34. The van der Waals surface area contributed by atoms with Gasteiger partial charge in [0.05, 0.1) is 5.75 Å². The third kappa shape index (κ3) is 6.96. The van der Waals surface area contributed by atoms with Gasteiger partial charge in [0.25, 0.3) is 0 Å². The van der Waals surface area contributed by atoms with Crippen molar-refractivity contribution in [3.05, 3.63) is 0 Å². The van der Waals surface area contributed by atoms with E-state index in [0.717, 1.165) is 0 Å². The number of aliphatic carboxylic acids is 1. The summed E-state index contributed by atoms with van der Waals surface area (Å²) in [6.07, 6.45) is 0.485. The normalized spacial score (nSPS) is 15.4. The van der Waals surface area contributed by atoms with E-state index >= 15 is 0 Å². The van der Waals surface area contributed by atoms with Gasteiger partial charge in [0, 0.05) is 0 Å². The van der Waals surface area contributed by atoms with Crippen molar-refractivity contribution in [3.8, 4) is 0 Å². The second-order valence-electron chi connectivity index (χ2n) is 6.88. The van der Waals surface area contributed by atoms with E-state index in [0.29, 0.717) is 6.42 Å². The topological polar surface area (TPSA) is 83.5 Å². The second kappa shape index (κ2) is 5.57. The molecule has 0 saturated heterocycles. The zero-order valence-corrected chi connectivity index (χ0v) is 12.9. The van der Waals surface area contributed by atoms with Crippen LogP contribution in [0.4, 0.5) is 0 Å². The lowest BCUT2D eigenvalue weighted by Gasteiger charge is -2.28. The minimum absolute atomic E-state index is 0.0592. The van der Waals surface area contributed by atoms with Crippen LogP contribution in [0.2, 0.25) is 0 Å². The molecule has 0 fully saturated rings. The molecule has 0 radical (unpaired) electrons. The quantitative estimate of drug-likeness (QED) is 0.804. The van der Waals surface area contributed by atoms with Gasteiger partial charge >= 0.3 is 5.97 Å². The number of carbonyl (C=O) groups is 1. The molecular weight excluding hydrogens is 254 g/mol. The number of carboxylic acids is 1. The summed E-state index contributed by atoms with van der Waals surface area (Å²) in [4.78, 5) is 11.1. The highest BCUT2D eigenvalue weighted by molar-refractivity contribution is 7.89. The molecule has 18 heavy (non-hydrogen) atoms. The van der Waals surface area contributed by atoms with E-state index in [1.807, 2.05) is 20.8 Å². The van der Waals surface area contributed by atoms with Gasteiger partial charge in [-0.25, -0.2) is 13.1 Å². The van der Waals surface area contributed by atoms with E-state index < -0.39 is 27.4 Å². The largest absolute Gasteiger partial charge is 0.480 e. The van der Waals surface area contributed by atoms with Crippen molar-refractivity contribution in [2.75, 3.05) is 5.75 Å². The Balaban J connectivity index is 4.79. The standard InChI is InChI=1S/C12H25NO4S/c1-11(2,3)7-8-18(16,17)13-9(10(14)15)12(4,5)6/h9,13H,7-8H2,1-6H3,(H,14,15). The van der Waals surface area contributed by atoms with Crippen molar-refractivity contribution in [2.24, 2.45) is 10.8 Å². The Hall–Kier alpha value is -0.620. The lowest BCUT2D eigenvalue weighted by molar-refractivity contribution is -0.141. The summed E-state index contributed by atoms with van der Waals surface area (Å²) in [6, 6.07) is -1.11. The van der Waals surface area contributed by atoms with Crippen molar-refractivity contribution in [1.29, 1.82) is 0 Å². The first-order valence-electron chi connectivity index (χ1n) is 5.97. The van der Waals surface area contributed by atoms with Crippen LogP contribution in [-0.4, -0.2) is 31.3 Å². The molecule has 0 heterocycles. The summed E-state index contributed by atoms with van der Waals surface area (Å²) in [5, 5.41) is 9.07. The molecule has 0 aromatic rings. The maximum Gasteiger partial charge on any atom is 0.322 e. The van der Waals surface area contributed by atoms with Gasteiger partial charge in [-0.3, -0.25) is 4.79 Å². The van der Waals surface area contributed by atoms with E-state index in [9.17, 15) is 13.2 Å². The lowest BCUT2D eigenvalue weighted by Crippen LogP contribution is -2.49. The van der Waals surface area contributed by atoms with Gasteiger partial charge in [0.15, 0.2) is 0 Å². The SMILES string of the molecule is CC(C)(C)CCS(=O)(=O)NC(C(=O)O)C(C)(C)C. The van der Waals surface area contributed by atoms with Crippen molar-refractivity contribution >= 4 is 16.0 Å². The van der Waals surface area contributed by atoms with Crippen molar-refractivity contribution in [2.45, 2.75) is 54.0 Å². The maximum atomic E-state index is 11.9. The van der Waals surface area contributed by atoms with Crippen LogP contribution in [0.1, 0.15) is 48.0 Å². The van der Waals surface area contributed by atoms with Crippen LogP contribution < -0.4 is 4.72 Å². The van der Waals surface area contributed by atoms with Crippen molar-refractivity contribution in [1.82, 2.24) is 4.72 Å². The highest BCUT2D eigenvalue weighted by atomic mass is 32.2. The Morgan fingerprint density at radius 3 is 1.89 bits per heavy atom. The predicted molar refractivity (Wildman–Crippen MR) is 71.9 cm³/mol. The first kappa shape index (κ1) is 17.4. The van der Waals surface area contributed by atoms with Gasteiger partial charge in [-0.1, -0.05) is 41.5 Å². The van der Waals surface area contributed by atoms with Crippen LogP contribution in [0, 0.1) is 10.8 Å². The average molecular weight is 279 g/mol. The molecule has 2 N–H and O–H groups in total. The molecule has 0 bridgehead atoms. The molecule has 1 unspecified atom stereocenters. The van der Waals surface area contributed by atoms with Gasteiger partial charge in [-0.05, 0) is 17.3 Å². The highest BCUT2D eigenvalue weighted by Crippen LogP contribution is 2.22. The Labute approximate surface area is 110 Å². The van der Waals surface area contributed by atoms with Gasteiger partial charge in [-0.15, -0.1) is 0 Å². The Morgan fingerprint density at radius 1 is 1.17 bits per heavy atom. The molecule has 0 aromatic heterocycles. The van der Waals surface area contributed by atoms with Crippen LogP contribution in [-0.2, 0) is 14.8 Å². The minimum atomic E-state index is -3.57. The maximum absolute atomic E-state index is 11.9. The van der Waals surface area contributed by atoms with Gasteiger partial charge in [0.1, 0.15) is 6.04 Å². The number of nitrogens with one attached hydrogen (secondary N) is 1. The zero-order valence-electron chi connectivity index (χ0n) is 12.1. The van der Waals surface area contributed by atoms with Crippen molar-refractivity contribution in [3.63, 3.8) is 0 Å². The van der Waals surface area contributed by atoms with Gasteiger partial charge < -0.3 is 5.11 Å². The third-order valence-corrected chi connectivity index (χ3v) is 3.87. The van der Waals surface area contributed by atoms with E-state index in [2.05, 4.69) is 4.72 Å².